The molecule has 0 spiro atoms. The number of carbonyl (C=O) groups excluding carboxylic acids is 1. The lowest BCUT2D eigenvalue weighted by molar-refractivity contribution is -0.385. The van der Waals surface area contributed by atoms with Crippen molar-refractivity contribution in [2.75, 3.05) is 6.54 Å². The summed E-state index contributed by atoms with van der Waals surface area (Å²) in [6.45, 7) is 2.52. The molecule has 0 saturated heterocycles. The second-order valence-corrected chi connectivity index (χ2v) is 3.92. The summed E-state index contributed by atoms with van der Waals surface area (Å²) in [6.07, 6.45) is 2.85. The topological polar surface area (TPSA) is 92.5 Å². The summed E-state index contributed by atoms with van der Waals surface area (Å²) in [6, 6.07) is 3.41. The fraction of sp³-hybridized carbons (Fsp3) is 0.417. The number of nitrogens with zero attached hydrogens (tertiary/aromatic N) is 1. The van der Waals surface area contributed by atoms with Crippen molar-refractivity contribution < 1.29 is 14.8 Å². The standard InChI is InChI=1S/C12H16N2O4/c1-2-3-4-7-13-12(16)10-8-9(15)5-6-11(10)14(17)18/h5-6,8,15H,2-4,7H2,1H3,(H,13,16). The third-order valence-corrected chi connectivity index (χ3v) is 2.49. The second kappa shape index (κ2) is 6.58. The van der Waals surface area contributed by atoms with Crippen molar-refractivity contribution in [1.82, 2.24) is 5.32 Å². The molecule has 0 aliphatic heterocycles. The van der Waals surface area contributed by atoms with E-state index >= 15 is 0 Å². The quantitative estimate of drug-likeness (QED) is 0.461. The molecule has 2 N–H and O–H groups in total. The maximum Gasteiger partial charge on any atom is 0.282 e. The van der Waals surface area contributed by atoms with Crippen LogP contribution in [-0.4, -0.2) is 22.5 Å². The first-order valence-electron chi connectivity index (χ1n) is 5.82. The number of nitro benzene ring substituents is 1. The Labute approximate surface area is 105 Å². The molecule has 1 aromatic rings. The Hall–Kier alpha value is -2.11. The Morgan fingerprint density at radius 2 is 2.17 bits per heavy atom. The molecule has 0 saturated carbocycles. The summed E-state index contributed by atoms with van der Waals surface area (Å²) in [4.78, 5) is 21.9. The number of benzene rings is 1. The van der Waals surface area contributed by atoms with E-state index in [-0.39, 0.29) is 17.0 Å². The number of unbranched alkanes of at least 4 members (excludes halogenated alkanes) is 2. The molecule has 0 bridgehead atoms. The van der Waals surface area contributed by atoms with Crippen LogP contribution < -0.4 is 5.32 Å². The SMILES string of the molecule is CCCCCNC(=O)c1cc(O)ccc1[N+](=O)[O-]. The van der Waals surface area contributed by atoms with Crippen molar-refractivity contribution in [2.24, 2.45) is 0 Å². The van der Waals surface area contributed by atoms with Crippen LogP contribution in [0.5, 0.6) is 5.75 Å². The Morgan fingerprint density at radius 1 is 1.44 bits per heavy atom. The number of nitro groups is 1. The van der Waals surface area contributed by atoms with E-state index in [0.717, 1.165) is 31.4 Å². The predicted molar refractivity (Wildman–Crippen MR) is 66.6 cm³/mol. The first kappa shape index (κ1) is 14.0. The molecule has 1 aromatic carbocycles. The van der Waals surface area contributed by atoms with Gasteiger partial charge in [0, 0.05) is 12.6 Å². The average Bonchev–Trinajstić information content (AvgIpc) is 2.34. The monoisotopic (exact) mass is 252 g/mol. The molecule has 0 heterocycles. The van der Waals surface area contributed by atoms with Crippen LogP contribution in [0.15, 0.2) is 18.2 Å². The van der Waals surface area contributed by atoms with Gasteiger partial charge in [-0.15, -0.1) is 0 Å². The first-order valence-corrected chi connectivity index (χ1v) is 5.82. The number of nitrogens with one attached hydrogen (secondary N) is 1. The molecule has 98 valence electrons. The third kappa shape index (κ3) is 3.73. The number of hydrogen-bond donors (Lipinski definition) is 2. The predicted octanol–water partition coefficient (Wildman–Crippen LogP) is 2.22. The van der Waals surface area contributed by atoms with Gasteiger partial charge in [-0.2, -0.15) is 0 Å². The van der Waals surface area contributed by atoms with Gasteiger partial charge in [-0.3, -0.25) is 14.9 Å². The minimum Gasteiger partial charge on any atom is -0.508 e. The number of hydrogen-bond acceptors (Lipinski definition) is 4. The minimum absolute atomic E-state index is 0.114. The minimum atomic E-state index is -0.638. The van der Waals surface area contributed by atoms with E-state index in [9.17, 15) is 20.0 Å². The van der Waals surface area contributed by atoms with Crippen LogP contribution in [0.2, 0.25) is 0 Å². The molecule has 0 atom stereocenters. The zero-order valence-electron chi connectivity index (χ0n) is 10.2. The lowest BCUT2D eigenvalue weighted by Crippen LogP contribution is -2.25. The van der Waals surface area contributed by atoms with Crippen LogP contribution >= 0.6 is 0 Å². The molecule has 0 aromatic heterocycles. The number of phenols is 1. The molecule has 0 fully saturated rings. The third-order valence-electron chi connectivity index (χ3n) is 2.49. The summed E-state index contributed by atoms with van der Waals surface area (Å²) < 4.78 is 0. The van der Waals surface area contributed by atoms with Crippen molar-refractivity contribution in [1.29, 1.82) is 0 Å². The maximum atomic E-state index is 11.8. The molecule has 0 aliphatic carbocycles. The molecule has 6 heteroatoms. The number of amides is 1. The number of phenolic OH excluding ortho intramolecular Hbond substituents is 1. The zero-order valence-corrected chi connectivity index (χ0v) is 10.2. The molecule has 0 unspecified atom stereocenters. The van der Waals surface area contributed by atoms with Gasteiger partial charge in [0.15, 0.2) is 0 Å². The summed E-state index contributed by atoms with van der Waals surface area (Å²) in [7, 11) is 0. The van der Waals surface area contributed by atoms with Crippen molar-refractivity contribution in [3.8, 4) is 5.75 Å². The van der Waals surface area contributed by atoms with E-state index in [1.807, 2.05) is 6.92 Å². The zero-order chi connectivity index (χ0) is 13.5. The second-order valence-electron chi connectivity index (χ2n) is 3.92. The van der Waals surface area contributed by atoms with E-state index in [1.165, 1.54) is 6.07 Å². The van der Waals surface area contributed by atoms with Crippen molar-refractivity contribution in [3.05, 3.63) is 33.9 Å². The molecule has 18 heavy (non-hydrogen) atoms. The Kier molecular flexibility index (Phi) is 5.10. The Morgan fingerprint density at radius 3 is 2.78 bits per heavy atom. The van der Waals surface area contributed by atoms with Crippen LogP contribution in [0.4, 0.5) is 5.69 Å². The van der Waals surface area contributed by atoms with Crippen LogP contribution in [0.1, 0.15) is 36.5 Å². The van der Waals surface area contributed by atoms with Gasteiger partial charge in [0.1, 0.15) is 11.3 Å². The van der Waals surface area contributed by atoms with Gasteiger partial charge in [-0.1, -0.05) is 19.8 Å². The van der Waals surface area contributed by atoms with Gasteiger partial charge in [0.05, 0.1) is 4.92 Å². The maximum absolute atomic E-state index is 11.8. The summed E-state index contributed by atoms with van der Waals surface area (Å²) in [5.74, 6) is -0.701. The Balaban J connectivity index is 2.77. The van der Waals surface area contributed by atoms with Gasteiger partial charge in [0.2, 0.25) is 0 Å². The fourth-order valence-corrected chi connectivity index (χ4v) is 1.54. The molecular weight excluding hydrogens is 236 g/mol. The van der Waals surface area contributed by atoms with E-state index in [1.54, 1.807) is 0 Å². The molecule has 1 rings (SSSR count). The summed E-state index contributed by atoms with van der Waals surface area (Å²) >= 11 is 0. The van der Waals surface area contributed by atoms with Gasteiger partial charge in [0.25, 0.3) is 11.6 Å². The van der Waals surface area contributed by atoms with Gasteiger partial charge < -0.3 is 10.4 Å². The molecule has 1 amide bonds. The van der Waals surface area contributed by atoms with Crippen LogP contribution in [-0.2, 0) is 0 Å². The molecule has 0 radical (unpaired) electrons. The van der Waals surface area contributed by atoms with E-state index in [4.69, 9.17) is 0 Å². The molecule has 6 nitrogen and oxygen atoms in total. The van der Waals surface area contributed by atoms with E-state index < -0.39 is 10.8 Å². The number of aromatic hydroxyl groups is 1. The highest BCUT2D eigenvalue weighted by Gasteiger charge is 2.20. The lowest BCUT2D eigenvalue weighted by Gasteiger charge is -2.05. The fourth-order valence-electron chi connectivity index (χ4n) is 1.54. The van der Waals surface area contributed by atoms with Crippen molar-refractivity contribution in [2.45, 2.75) is 26.2 Å². The van der Waals surface area contributed by atoms with Crippen LogP contribution in [0, 0.1) is 10.1 Å². The summed E-state index contributed by atoms with van der Waals surface area (Å²) in [5, 5.41) is 22.6. The summed E-state index contributed by atoms with van der Waals surface area (Å²) in [5.41, 5.74) is -0.419. The Bertz CT molecular complexity index is 446. The number of rotatable bonds is 6. The number of carbonyl (C=O) groups is 1. The first-order chi connectivity index (χ1) is 8.56. The lowest BCUT2D eigenvalue weighted by atomic mass is 10.1. The smallest absolute Gasteiger partial charge is 0.282 e. The average molecular weight is 252 g/mol. The molecular formula is C12H16N2O4. The normalized spacial score (nSPS) is 10.1. The van der Waals surface area contributed by atoms with Crippen molar-refractivity contribution >= 4 is 11.6 Å². The van der Waals surface area contributed by atoms with Gasteiger partial charge >= 0.3 is 0 Å². The van der Waals surface area contributed by atoms with Crippen molar-refractivity contribution in [3.63, 3.8) is 0 Å². The molecule has 0 aliphatic rings. The highest BCUT2D eigenvalue weighted by atomic mass is 16.6. The van der Waals surface area contributed by atoms with Gasteiger partial charge in [-0.25, -0.2) is 0 Å². The van der Waals surface area contributed by atoms with Crippen LogP contribution in [0.3, 0.4) is 0 Å². The van der Waals surface area contributed by atoms with Gasteiger partial charge in [-0.05, 0) is 18.6 Å². The van der Waals surface area contributed by atoms with Crippen LogP contribution in [0.25, 0.3) is 0 Å². The highest BCUT2D eigenvalue weighted by Crippen LogP contribution is 2.23. The van der Waals surface area contributed by atoms with E-state index in [0.29, 0.717) is 6.54 Å². The largest absolute Gasteiger partial charge is 0.508 e. The highest BCUT2D eigenvalue weighted by molar-refractivity contribution is 5.98. The van der Waals surface area contributed by atoms with E-state index in [2.05, 4.69) is 5.32 Å².